The Kier molecular flexibility index (Phi) is 11.5. The minimum absolute atomic E-state index is 0.0182. The minimum Gasteiger partial charge on any atom is -0.491 e. The Hall–Kier alpha value is -3.07. The van der Waals surface area contributed by atoms with Gasteiger partial charge in [0.2, 0.25) is 5.91 Å². The zero-order valence-electron chi connectivity index (χ0n) is 25.8. The second-order valence-corrected chi connectivity index (χ2v) is 12.3. The predicted octanol–water partition coefficient (Wildman–Crippen LogP) is 5.26. The molecule has 1 aliphatic carbocycles. The zero-order valence-corrected chi connectivity index (χ0v) is 26.6. The number of anilines is 1. The van der Waals surface area contributed by atoms with Gasteiger partial charge < -0.3 is 30.1 Å². The van der Waals surface area contributed by atoms with Crippen LogP contribution in [0.4, 0.5) is 5.69 Å². The molecule has 2 aromatic rings. The second-order valence-electron chi connectivity index (χ2n) is 11.9. The van der Waals surface area contributed by atoms with Crippen molar-refractivity contribution in [2.75, 3.05) is 45.3 Å². The molecule has 1 fully saturated rings. The molecule has 0 bridgehead atoms. The summed E-state index contributed by atoms with van der Waals surface area (Å²) in [6.45, 7) is 6.42. The number of fused-ring (bicyclic) bond motifs is 1. The van der Waals surface area contributed by atoms with Crippen LogP contribution < -0.4 is 15.4 Å². The number of nitrogens with zero attached hydrogens (tertiary/aromatic N) is 2. The van der Waals surface area contributed by atoms with E-state index in [1.165, 1.54) is 11.1 Å². The van der Waals surface area contributed by atoms with Crippen LogP contribution in [0.15, 0.2) is 48.6 Å². The lowest BCUT2D eigenvalue weighted by atomic mass is 9.70. The number of aliphatic hydroxyl groups excluding tert-OH is 1. The number of aliphatic hydroxyl groups is 1. The van der Waals surface area contributed by atoms with Crippen molar-refractivity contribution in [3.8, 4) is 5.75 Å². The molecule has 234 valence electrons. The van der Waals surface area contributed by atoms with Crippen LogP contribution >= 0.6 is 11.6 Å². The standard InChI is InChI=1S/C34H46ClN3O5/c1-5-8-23-17-27(35)12-14-28(23)26-20-38(30-18-24(33(40)34(36)41)11-15-32(30)43-21-26)19-25-10-13-29(25)31(42-4)9-6-7-16-37(3)22(2)39/h6,9,11-12,14-15,17-18,25-26,29,31,33,40H,5,7-8,10,13,16,19-21H2,1-4H3,(H2,36,41)/b9-6+. The quantitative estimate of drug-likeness (QED) is 0.299. The minimum atomic E-state index is -1.39. The highest BCUT2D eigenvalue weighted by atomic mass is 35.5. The molecular formula is C34H46ClN3O5. The number of nitrogens with two attached hydrogens (primary N) is 1. The van der Waals surface area contributed by atoms with Gasteiger partial charge in [-0.15, -0.1) is 0 Å². The van der Waals surface area contributed by atoms with Gasteiger partial charge in [0.25, 0.3) is 5.91 Å². The molecule has 8 nitrogen and oxygen atoms in total. The van der Waals surface area contributed by atoms with Gasteiger partial charge in [0.15, 0.2) is 6.10 Å². The molecule has 1 heterocycles. The smallest absolute Gasteiger partial charge is 0.250 e. The van der Waals surface area contributed by atoms with Gasteiger partial charge >= 0.3 is 0 Å². The Bertz CT molecular complexity index is 1300. The molecule has 2 amide bonds. The van der Waals surface area contributed by atoms with Gasteiger partial charge in [-0.2, -0.15) is 0 Å². The highest BCUT2D eigenvalue weighted by molar-refractivity contribution is 6.30. The van der Waals surface area contributed by atoms with Gasteiger partial charge in [-0.1, -0.05) is 49.2 Å². The molecule has 1 saturated carbocycles. The molecule has 9 heteroatoms. The number of ether oxygens (including phenoxy) is 2. The molecule has 5 unspecified atom stereocenters. The van der Waals surface area contributed by atoms with Crippen LogP contribution in [0.3, 0.4) is 0 Å². The van der Waals surface area contributed by atoms with Gasteiger partial charge in [-0.3, -0.25) is 9.59 Å². The summed E-state index contributed by atoms with van der Waals surface area (Å²) in [4.78, 5) is 27.4. The Morgan fingerprint density at radius 2 is 2.05 bits per heavy atom. The lowest BCUT2D eigenvalue weighted by Gasteiger charge is -2.43. The van der Waals surface area contributed by atoms with Crippen molar-refractivity contribution in [1.82, 2.24) is 4.90 Å². The summed E-state index contributed by atoms with van der Waals surface area (Å²) in [5, 5.41) is 11.2. The van der Waals surface area contributed by atoms with E-state index in [1.54, 1.807) is 25.0 Å². The first-order valence-electron chi connectivity index (χ1n) is 15.3. The van der Waals surface area contributed by atoms with Crippen LogP contribution in [0, 0.1) is 11.8 Å². The van der Waals surface area contributed by atoms with Crippen LogP contribution in [0.5, 0.6) is 5.75 Å². The molecular weight excluding hydrogens is 566 g/mol. The molecule has 0 radical (unpaired) electrons. The summed E-state index contributed by atoms with van der Waals surface area (Å²) >= 11 is 6.39. The van der Waals surface area contributed by atoms with E-state index in [-0.39, 0.29) is 17.9 Å². The highest BCUT2D eigenvalue weighted by Crippen LogP contribution is 2.43. The summed E-state index contributed by atoms with van der Waals surface area (Å²) < 4.78 is 12.3. The highest BCUT2D eigenvalue weighted by Gasteiger charge is 2.39. The number of carbonyl (C=O) groups excluding carboxylic acids is 2. The molecule has 1 aliphatic heterocycles. The molecule has 3 N–H and O–H groups in total. The lowest BCUT2D eigenvalue weighted by Crippen LogP contribution is -2.44. The fraction of sp³-hybridized carbons (Fsp3) is 0.529. The third-order valence-corrected chi connectivity index (χ3v) is 9.21. The number of primary amides is 1. The largest absolute Gasteiger partial charge is 0.491 e. The average molecular weight is 612 g/mol. The van der Waals surface area contributed by atoms with Gasteiger partial charge in [0.05, 0.1) is 18.4 Å². The third-order valence-electron chi connectivity index (χ3n) is 8.97. The summed E-state index contributed by atoms with van der Waals surface area (Å²) in [5.74, 6) is 0.832. The van der Waals surface area contributed by atoms with Gasteiger partial charge in [0, 0.05) is 51.7 Å². The van der Waals surface area contributed by atoms with E-state index in [4.69, 9.17) is 26.8 Å². The van der Waals surface area contributed by atoms with Gasteiger partial charge in [0.1, 0.15) is 5.75 Å². The number of carbonyl (C=O) groups is 2. The first kappa shape index (κ1) is 32.8. The van der Waals surface area contributed by atoms with E-state index in [1.807, 2.05) is 25.2 Å². The van der Waals surface area contributed by atoms with Gasteiger partial charge in [-0.05, 0) is 78.5 Å². The first-order valence-corrected chi connectivity index (χ1v) is 15.7. The van der Waals surface area contributed by atoms with E-state index < -0.39 is 12.0 Å². The maximum atomic E-state index is 11.8. The molecule has 2 aliphatic rings. The maximum Gasteiger partial charge on any atom is 0.250 e. The topological polar surface area (TPSA) is 105 Å². The van der Waals surface area contributed by atoms with Crippen molar-refractivity contribution in [3.05, 3.63) is 70.3 Å². The van der Waals surface area contributed by atoms with Crippen molar-refractivity contribution in [2.45, 2.75) is 64.1 Å². The fourth-order valence-corrected chi connectivity index (χ4v) is 6.45. The molecule has 5 atom stereocenters. The summed E-state index contributed by atoms with van der Waals surface area (Å²) in [6, 6.07) is 11.5. The Morgan fingerprint density at radius 1 is 1.26 bits per heavy atom. The number of benzene rings is 2. The Morgan fingerprint density at radius 3 is 2.70 bits per heavy atom. The number of hydrogen-bond donors (Lipinski definition) is 2. The van der Waals surface area contributed by atoms with Crippen LogP contribution in [0.2, 0.25) is 5.02 Å². The molecule has 4 rings (SSSR count). The number of hydrogen-bond acceptors (Lipinski definition) is 6. The molecule has 43 heavy (non-hydrogen) atoms. The van der Waals surface area contributed by atoms with Crippen LogP contribution in [-0.4, -0.2) is 68.3 Å². The molecule has 2 aromatic carbocycles. The number of methoxy groups -OCH3 is 1. The van der Waals surface area contributed by atoms with E-state index in [9.17, 15) is 14.7 Å². The number of amides is 2. The first-order chi connectivity index (χ1) is 20.6. The SMILES string of the molecule is CCCc1cc(Cl)ccc1C1COc2ccc(C(O)C(N)=O)cc2N(CC2CCC2C(/C=C/CCN(C)C(C)=O)OC)C1. The van der Waals surface area contributed by atoms with E-state index in [0.717, 1.165) is 61.7 Å². The number of halogens is 1. The van der Waals surface area contributed by atoms with Crippen molar-refractivity contribution >= 4 is 29.1 Å². The lowest BCUT2D eigenvalue weighted by molar-refractivity contribution is -0.127. The van der Waals surface area contributed by atoms with E-state index >= 15 is 0 Å². The predicted molar refractivity (Wildman–Crippen MR) is 171 cm³/mol. The van der Waals surface area contributed by atoms with Crippen molar-refractivity contribution in [2.24, 2.45) is 17.6 Å². The second kappa shape index (κ2) is 15.1. The van der Waals surface area contributed by atoms with E-state index in [2.05, 4.69) is 36.1 Å². The van der Waals surface area contributed by atoms with Crippen LogP contribution in [-0.2, 0) is 20.7 Å². The molecule has 0 saturated heterocycles. The Labute approximate surface area is 260 Å². The van der Waals surface area contributed by atoms with Gasteiger partial charge in [-0.25, -0.2) is 0 Å². The average Bonchev–Trinajstić information content (AvgIpc) is 3.15. The summed E-state index contributed by atoms with van der Waals surface area (Å²) in [7, 11) is 3.56. The fourth-order valence-electron chi connectivity index (χ4n) is 6.25. The number of rotatable bonds is 13. The van der Waals surface area contributed by atoms with Crippen molar-refractivity contribution in [1.29, 1.82) is 0 Å². The van der Waals surface area contributed by atoms with Crippen LogP contribution in [0.1, 0.15) is 68.2 Å². The molecule has 0 aromatic heterocycles. The Balaban J connectivity index is 1.59. The van der Waals surface area contributed by atoms with Crippen LogP contribution in [0.25, 0.3) is 0 Å². The zero-order chi connectivity index (χ0) is 31.1. The van der Waals surface area contributed by atoms with Crippen molar-refractivity contribution < 1.29 is 24.2 Å². The van der Waals surface area contributed by atoms with E-state index in [0.29, 0.717) is 30.6 Å². The normalized spacial score (nSPS) is 21.3. The van der Waals surface area contributed by atoms with Crippen molar-refractivity contribution in [3.63, 3.8) is 0 Å². The maximum absolute atomic E-state index is 11.8. The molecule has 0 spiro atoms. The summed E-state index contributed by atoms with van der Waals surface area (Å²) in [6.07, 6.45) is 7.71. The monoisotopic (exact) mass is 611 g/mol. The summed E-state index contributed by atoms with van der Waals surface area (Å²) in [5.41, 5.74) is 9.22. The number of aryl methyl sites for hydroxylation is 1. The third kappa shape index (κ3) is 8.11.